The predicted molar refractivity (Wildman–Crippen MR) is 81.3 cm³/mol. The number of hydrogen-bond donors (Lipinski definition) is 0. The lowest BCUT2D eigenvalue weighted by molar-refractivity contribution is 0.0793. The summed E-state index contributed by atoms with van der Waals surface area (Å²) in [4.78, 5) is 18.8. The fourth-order valence-corrected chi connectivity index (χ4v) is 2.75. The summed E-state index contributed by atoms with van der Waals surface area (Å²) in [6, 6.07) is 7.67. The van der Waals surface area contributed by atoms with E-state index in [-0.39, 0.29) is 11.7 Å². The van der Waals surface area contributed by atoms with Crippen molar-refractivity contribution in [3.63, 3.8) is 0 Å². The number of methoxy groups -OCH3 is 1. The number of benzene rings is 1. The highest BCUT2D eigenvalue weighted by Gasteiger charge is 2.24. The molecule has 5 heteroatoms. The largest absolute Gasteiger partial charge is 0.496 e. The van der Waals surface area contributed by atoms with Crippen LogP contribution in [0.15, 0.2) is 36.5 Å². The number of ether oxygens (including phenoxy) is 1. The molecule has 1 amide bonds. The van der Waals surface area contributed by atoms with Crippen molar-refractivity contribution in [2.24, 2.45) is 0 Å². The zero-order valence-electron chi connectivity index (χ0n) is 12.4. The van der Waals surface area contributed by atoms with E-state index in [0.29, 0.717) is 22.6 Å². The highest BCUT2D eigenvalue weighted by molar-refractivity contribution is 6.00. The number of pyridine rings is 1. The Labute approximate surface area is 128 Å². The van der Waals surface area contributed by atoms with E-state index in [0.717, 1.165) is 25.9 Å². The molecule has 0 bridgehead atoms. The summed E-state index contributed by atoms with van der Waals surface area (Å²) in [6.07, 6.45) is 3.63. The number of nitrogens with zero attached hydrogens (tertiary/aromatic N) is 2. The molecule has 2 heterocycles. The van der Waals surface area contributed by atoms with Crippen LogP contribution < -0.4 is 4.74 Å². The van der Waals surface area contributed by atoms with Crippen LogP contribution in [0.5, 0.6) is 5.75 Å². The van der Waals surface area contributed by atoms with E-state index >= 15 is 0 Å². The molecule has 22 heavy (non-hydrogen) atoms. The molecule has 2 aromatic rings. The Morgan fingerprint density at radius 2 is 2.05 bits per heavy atom. The first-order valence-corrected chi connectivity index (χ1v) is 7.29. The summed E-state index contributed by atoms with van der Waals surface area (Å²) in [5.41, 5.74) is 1.43. The van der Waals surface area contributed by atoms with Crippen molar-refractivity contribution in [3.05, 3.63) is 47.9 Å². The monoisotopic (exact) mass is 300 g/mol. The van der Waals surface area contributed by atoms with E-state index in [1.807, 2.05) is 4.90 Å². The van der Waals surface area contributed by atoms with Crippen molar-refractivity contribution in [2.75, 3.05) is 20.2 Å². The molecule has 3 rings (SSSR count). The fourth-order valence-electron chi connectivity index (χ4n) is 2.75. The molecule has 114 valence electrons. The smallest absolute Gasteiger partial charge is 0.256 e. The molecule has 1 aliphatic rings. The minimum atomic E-state index is -0.388. The van der Waals surface area contributed by atoms with E-state index in [2.05, 4.69) is 4.98 Å². The summed E-state index contributed by atoms with van der Waals surface area (Å²) in [5, 5.41) is 0. The molecule has 0 spiro atoms. The van der Waals surface area contributed by atoms with E-state index in [4.69, 9.17) is 4.74 Å². The average molecular weight is 300 g/mol. The van der Waals surface area contributed by atoms with Crippen LogP contribution in [0, 0.1) is 5.82 Å². The molecule has 0 aliphatic carbocycles. The number of carbonyl (C=O) groups excluding carboxylic acids is 1. The van der Waals surface area contributed by atoms with Crippen molar-refractivity contribution < 1.29 is 13.9 Å². The molecule has 0 radical (unpaired) electrons. The SMILES string of the molecule is COc1ccc(F)cc1-c1ncccc1C(=O)N1CCCC1. The van der Waals surface area contributed by atoms with Gasteiger partial charge >= 0.3 is 0 Å². The van der Waals surface area contributed by atoms with Gasteiger partial charge in [0.15, 0.2) is 0 Å². The number of amides is 1. The van der Waals surface area contributed by atoms with E-state index in [1.165, 1.54) is 19.2 Å². The van der Waals surface area contributed by atoms with Gasteiger partial charge in [-0.2, -0.15) is 0 Å². The fraction of sp³-hybridized carbons (Fsp3) is 0.294. The lowest BCUT2D eigenvalue weighted by atomic mass is 10.0. The van der Waals surface area contributed by atoms with Gasteiger partial charge in [0.05, 0.1) is 18.4 Å². The molecule has 4 nitrogen and oxygen atoms in total. The molecular weight excluding hydrogens is 283 g/mol. The van der Waals surface area contributed by atoms with Crippen LogP contribution in [0.4, 0.5) is 4.39 Å². The topological polar surface area (TPSA) is 42.4 Å². The standard InChI is InChI=1S/C17H17FN2O2/c1-22-15-7-6-12(18)11-14(15)16-13(5-4-8-19-16)17(21)20-9-2-3-10-20/h4-8,11H,2-3,9-10H2,1H3. The lowest BCUT2D eigenvalue weighted by Gasteiger charge is -2.18. The third kappa shape index (κ3) is 2.66. The van der Waals surface area contributed by atoms with Crippen LogP contribution in [0.2, 0.25) is 0 Å². The molecule has 1 saturated heterocycles. The summed E-state index contributed by atoms with van der Waals surface area (Å²) in [5.74, 6) is 0.0449. The van der Waals surface area contributed by atoms with Crippen LogP contribution in [0.3, 0.4) is 0 Å². The highest BCUT2D eigenvalue weighted by atomic mass is 19.1. The normalized spacial score (nSPS) is 14.2. The second-order valence-corrected chi connectivity index (χ2v) is 5.24. The molecule has 0 unspecified atom stereocenters. The number of likely N-dealkylation sites (tertiary alicyclic amines) is 1. The van der Waals surface area contributed by atoms with Crippen LogP contribution >= 0.6 is 0 Å². The third-order valence-electron chi connectivity index (χ3n) is 3.85. The van der Waals surface area contributed by atoms with E-state index in [1.54, 1.807) is 24.4 Å². The first-order valence-electron chi connectivity index (χ1n) is 7.29. The van der Waals surface area contributed by atoms with Gasteiger partial charge < -0.3 is 9.64 Å². The van der Waals surface area contributed by atoms with Crippen molar-refractivity contribution >= 4 is 5.91 Å². The Hall–Kier alpha value is -2.43. The number of hydrogen-bond acceptors (Lipinski definition) is 3. The van der Waals surface area contributed by atoms with Gasteiger partial charge in [-0.25, -0.2) is 4.39 Å². The number of halogens is 1. The minimum Gasteiger partial charge on any atom is -0.496 e. The number of aromatic nitrogens is 1. The molecule has 1 fully saturated rings. The first-order chi connectivity index (χ1) is 10.7. The lowest BCUT2D eigenvalue weighted by Crippen LogP contribution is -2.28. The molecular formula is C17H17FN2O2. The number of rotatable bonds is 3. The Morgan fingerprint density at radius 1 is 1.27 bits per heavy atom. The van der Waals surface area contributed by atoms with Gasteiger partial charge in [-0.3, -0.25) is 9.78 Å². The molecule has 1 aromatic carbocycles. The summed E-state index contributed by atoms with van der Waals surface area (Å²) in [6.45, 7) is 1.51. The molecule has 0 atom stereocenters. The number of carbonyl (C=O) groups is 1. The minimum absolute atomic E-state index is 0.0630. The zero-order valence-corrected chi connectivity index (χ0v) is 12.4. The van der Waals surface area contributed by atoms with Gasteiger partial charge in [-0.05, 0) is 43.2 Å². The maximum atomic E-state index is 13.6. The molecule has 1 aromatic heterocycles. The van der Waals surface area contributed by atoms with Gasteiger partial charge in [0, 0.05) is 24.8 Å². The maximum Gasteiger partial charge on any atom is 0.256 e. The Balaban J connectivity index is 2.08. The Bertz CT molecular complexity index is 697. The summed E-state index contributed by atoms with van der Waals surface area (Å²) < 4.78 is 18.9. The zero-order chi connectivity index (χ0) is 15.5. The predicted octanol–water partition coefficient (Wildman–Crippen LogP) is 3.13. The maximum absolute atomic E-state index is 13.6. The summed E-state index contributed by atoms with van der Waals surface area (Å²) in [7, 11) is 1.52. The van der Waals surface area contributed by atoms with Gasteiger partial charge in [0.2, 0.25) is 0 Å². The highest BCUT2D eigenvalue weighted by Crippen LogP contribution is 2.32. The van der Waals surface area contributed by atoms with Crippen LogP contribution in [-0.4, -0.2) is 36.0 Å². The van der Waals surface area contributed by atoms with Gasteiger partial charge in [-0.15, -0.1) is 0 Å². The van der Waals surface area contributed by atoms with Crippen LogP contribution in [0.25, 0.3) is 11.3 Å². The third-order valence-corrected chi connectivity index (χ3v) is 3.85. The molecule has 0 N–H and O–H groups in total. The van der Waals surface area contributed by atoms with Crippen LogP contribution in [0.1, 0.15) is 23.2 Å². The van der Waals surface area contributed by atoms with Gasteiger partial charge in [0.25, 0.3) is 5.91 Å². The van der Waals surface area contributed by atoms with Crippen molar-refractivity contribution in [1.82, 2.24) is 9.88 Å². The van der Waals surface area contributed by atoms with Gasteiger partial charge in [0.1, 0.15) is 11.6 Å². The quantitative estimate of drug-likeness (QED) is 0.874. The molecule has 1 aliphatic heterocycles. The molecule has 0 saturated carbocycles. The van der Waals surface area contributed by atoms with Crippen molar-refractivity contribution in [2.45, 2.75) is 12.8 Å². The second kappa shape index (κ2) is 6.13. The second-order valence-electron chi connectivity index (χ2n) is 5.24. The van der Waals surface area contributed by atoms with Crippen LogP contribution in [-0.2, 0) is 0 Å². The van der Waals surface area contributed by atoms with E-state index < -0.39 is 0 Å². The Kier molecular flexibility index (Phi) is 4.04. The first kappa shape index (κ1) is 14.5. The Morgan fingerprint density at radius 3 is 2.77 bits per heavy atom. The van der Waals surface area contributed by atoms with Crippen molar-refractivity contribution in [1.29, 1.82) is 0 Å². The van der Waals surface area contributed by atoms with Crippen molar-refractivity contribution in [3.8, 4) is 17.0 Å². The average Bonchev–Trinajstić information content (AvgIpc) is 3.08. The summed E-state index contributed by atoms with van der Waals surface area (Å²) >= 11 is 0. The van der Waals surface area contributed by atoms with E-state index in [9.17, 15) is 9.18 Å². The van der Waals surface area contributed by atoms with Gasteiger partial charge in [-0.1, -0.05) is 0 Å².